The van der Waals surface area contributed by atoms with Crippen molar-refractivity contribution < 1.29 is 23.9 Å². The summed E-state index contributed by atoms with van der Waals surface area (Å²) in [4.78, 5) is 37.8. The topological polar surface area (TPSA) is 93.7 Å². The fourth-order valence-electron chi connectivity index (χ4n) is 2.90. The zero-order valence-corrected chi connectivity index (χ0v) is 19.5. The highest BCUT2D eigenvalue weighted by Gasteiger charge is 2.17. The number of carbonyl (C=O) groups excluding carboxylic acids is 3. The Morgan fingerprint density at radius 2 is 1.64 bits per heavy atom. The summed E-state index contributed by atoms with van der Waals surface area (Å²) in [6.45, 7) is 0. The number of amides is 2. The Kier molecular flexibility index (Phi) is 7.99. The standard InChI is InChI=1S/C25H21BrN2O5/c1-32-19-12-10-16(11-13-19)14-22(28-23(29)20-8-3-4-9-21(20)26)24(30)27-18-7-5-6-17(15-18)25(31)33-2/h3-15H,1-2H3,(H,27,30)(H,28,29). The second-order valence-corrected chi connectivity index (χ2v) is 7.65. The van der Waals surface area contributed by atoms with Crippen LogP contribution in [-0.4, -0.2) is 32.0 Å². The van der Waals surface area contributed by atoms with Gasteiger partial charge in [-0.1, -0.05) is 30.3 Å². The number of rotatable bonds is 7. The predicted molar refractivity (Wildman–Crippen MR) is 129 cm³/mol. The van der Waals surface area contributed by atoms with Gasteiger partial charge in [0.05, 0.1) is 25.3 Å². The number of anilines is 1. The monoisotopic (exact) mass is 508 g/mol. The molecule has 0 spiro atoms. The van der Waals surface area contributed by atoms with E-state index in [-0.39, 0.29) is 11.3 Å². The van der Waals surface area contributed by atoms with Gasteiger partial charge in [-0.2, -0.15) is 0 Å². The number of benzene rings is 3. The third kappa shape index (κ3) is 6.30. The Morgan fingerprint density at radius 1 is 0.909 bits per heavy atom. The molecule has 3 aromatic rings. The smallest absolute Gasteiger partial charge is 0.337 e. The van der Waals surface area contributed by atoms with E-state index in [0.717, 1.165) is 0 Å². The van der Waals surface area contributed by atoms with E-state index in [0.29, 0.717) is 27.0 Å². The van der Waals surface area contributed by atoms with Crippen molar-refractivity contribution in [3.05, 3.63) is 99.7 Å². The maximum absolute atomic E-state index is 13.1. The summed E-state index contributed by atoms with van der Waals surface area (Å²) in [5, 5.41) is 5.39. The zero-order valence-electron chi connectivity index (χ0n) is 17.9. The molecule has 0 unspecified atom stereocenters. The molecule has 0 aromatic heterocycles. The van der Waals surface area contributed by atoms with Crippen LogP contribution in [-0.2, 0) is 9.53 Å². The minimum atomic E-state index is -0.562. The highest BCUT2D eigenvalue weighted by atomic mass is 79.9. The van der Waals surface area contributed by atoms with Crippen molar-refractivity contribution in [1.29, 1.82) is 0 Å². The van der Waals surface area contributed by atoms with Crippen LogP contribution in [0.5, 0.6) is 5.75 Å². The van der Waals surface area contributed by atoms with E-state index in [1.807, 2.05) is 0 Å². The van der Waals surface area contributed by atoms with Crippen LogP contribution in [0, 0.1) is 0 Å². The quantitative estimate of drug-likeness (QED) is 0.357. The Bertz CT molecular complexity index is 1210. The maximum Gasteiger partial charge on any atom is 0.337 e. The van der Waals surface area contributed by atoms with Crippen LogP contribution in [0.2, 0.25) is 0 Å². The maximum atomic E-state index is 13.1. The van der Waals surface area contributed by atoms with Gasteiger partial charge >= 0.3 is 5.97 Å². The van der Waals surface area contributed by atoms with E-state index in [4.69, 9.17) is 9.47 Å². The number of carbonyl (C=O) groups is 3. The Hall–Kier alpha value is -3.91. The highest BCUT2D eigenvalue weighted by Crippen LogP contribution is 2.18. The third-order valence-electron chi connectivity index (χ3n) is 4.58. The molecule has 0 saturated carbocycles. The summed E-state index contributed by atoms with van der Waals surface area (Å²) in [5.74, 6) is -0.883. The van der Waals surface area contributed by atoms with Gasteiger partial charge in [-0.3, -0.25) is 9.59 Å². The normalized spacial score (nSPS) is 10.8. The van der Waals surface area contributed by atoms with Gasteiger partial charge in [-0.25, -0.2) is 4.79 Å². The van der Waals surface area contributed by atoms with Crippen LogP contribution >= 0.6 is 15.9 Å². The second-order valence-electron chi connectivity index (χ2n) is 6.79. The first-order valence-corrected chi connectivity index (χ1v) is 10.6. The molecule has 0 bridgehead atoms. The number of halogens is 1. The minimum Gasteiger partial charge on any atom is -0.497 e. The molecule has 2 N–H and O–H groups in total. The van der Waals surface area contributed by atoms with Gasteiger partial charge in [-0.05, 0) is 70.0 Å². The first-order valence-electron chi connectivity index (χ1n) is 9.82. The number of methoxy groups -OCH3 is 2. The lowest BCUT2D eigenvalue weighted by Crippen LogP contribution is -2.31. The lowest BCUT2D eigenvalue weighted by Gasteiger charge is -2.13. The average molecular weight is 509 g/mol. The van der Waals surface area contributed by atoms with Crippen molar-refractivity contribution in [2.75, 3.05) is 19.5 Å². The first-order chi connectivity index (χ1) is 15.9. The van der Waals surface area contributed by atoms with E-state index in [1.54, 1.807) is 79.9 Å². The predicted octanol–water partition coefficient (Wildman–Crippen LogP) is 4.65. The van der Waals surface area contributed by atoms with Gasteiger partial charge in [0, 0.05) is 10.2 Å². The van der Waals surface area contributed by atoms with Crippen molar-refractivity contribution in [3.8, 4) is 5.75 Å². The Balaban J connectivity index is 1.91. The zero-order chi connectivity index (χ0) is 23.8. The SMILES string of the molecule is COC(=O)c1cccc(NC(=O)C(=Cc2ccc(OC)cc2)NC(=O)c2ccccc2Br)c1. The molecule has 0 radical (unpaired) electrons. The van der Waals surface area contributed by atoms with Gasteiger partial charge in [0.2, 0.25) is 0 Å². The fraction of sp³-hybridized carbons (Fsp3) is 0.0800. The summed E-state index contributed by atoms with van der Waals surface area (Å²) >= 11 is 3.35. The molecular weight excluding hydrogens is 488 g/mol. The van der Waals surface area contributed by atoms with E-state index in [1.165, 1.54) is 13.2 Å². The summed E-state index contributed by atoms with van der Waals surface area (Å²) in [5.41, 5.74) is 1.73. The second kappa shape index (κ2) is 11.1. The number of esters is 1. The number of hydrogen-bond acceptors (Lipinski definition) is 5. The van der Waals surface area contributed by atoms with Crippen molar-refractivity contribution in [1.82, 2.24) is 5.32 Å². The number of ether oxygens (including phenoxy) is 2. The summed E-state index contributed by atoms with van der Waals surface area (Å²) < 4.78 is 10.5. The van der Waals surface area contributed by atoms with Gasteiger partial charge in [0.1, 0.15) is 11.4 Å². The van der Waals surface area contributed by atoms with E-state index in [9.17, 15) is 14.4 Å². The van der Waals surface area contributed by atoms with Crippen molar-refractivity contribution >= 4 is 45.5 Å². The molecule has 0 heterocycles. The van der Waals surface area contributed by atoms with Gasteiger partial charge in [0.15, 0.2) is 0 Å². The Morgan fingerprint density at radius 3 is 2.30 bits per heavy atom. The van der Waals surface area contributed by atoms with Crippen LogP contribution < -0.4 is 15.4 Å². The first kappa shape index (κ1) is 23.7. The molecule has 0 atom stereocenters. The molecular formula is C25H21BrN2O5. The van der Waals surface area contributed by atoms with Crippen LogP contribution in [0.3, 0.4) is 0 Å². The molecule has 2 amide bonds. The average Bonchev–Trinajstić information content (AvgIpc) is 2.83. The molecule has 0 fully saturated rings. The van der Waals surface area contributed by atoms with E-state index in [2.05, 4.69) is 26.6 Å². The van der Waals surface area contributed by atoms with Gasteiger partial charge in [0.25, 0.3) is 11.8 Å². The number of hydrogen-bond donors (Lipinski definition) is 2. The molecule has 168 valence electrons. The van der Waals surface area contributed by atoms with Crippen molar-refractivity contribution in [2.24, 2.45) is 0 Å². The molecule has 8 heteroatoms. The molecule has 0 aliphatic carbocycles. The van der Waals surface area contributed by atoms with Crippen LogP contribution in [0.4, 0.5) is 5.69 Å². The van der Waals surface area contributed by atoms with Crippen molar-refractivity contribution in [3.63, 3.8) is 0 Å². The van der Waals surface area contributed by atoms with E-state index >= 15 is 0 Å². The lowest BCUT2D eigenvalue weighted by molar-refractivity contribution is -0.113. The molecule has 3 aromatic carbocycles. The van der Waals surface area contributed by atoms with Crippen LogP contribution in [0.25, 0.3) is 6.08 Å². The molecule has 0 aliphatic heterocycles. The molecule has 33 heavy (non-hydrogen) atoms. The molecule has 3 rings (SSSR count). The largest absolute Gasteiger partial charge is 0.497 e. The number of nitrogens with one attached hydrogen (secondary N) is 2. The fourth-order valence-corrected chi connectivity index (χ4v) is 3.37. The van der Waals surface area contributed by atoms with Crippen LogP contribution in [0.1, 0.15) is 26.3 Å². The van der Waals surface area contributed by atoms with Crippen molar-refractivity contribution in [2.45, 2.75) is 0 Å². The van der Waals surface area contributed by atoms with Gasteiger partial charge in [-0.15, -0.1) is 0 Å². The molecule has 0 aliphatic rings. The summed E-state index contributed by atoms with van der Waals surface area (Å²) in [6, 6.07) is 20.2. The van der Waals surface area contributed by atoms with E-state index < -0.39 is 17.8 Å². The lowest BCUT2D eigenvalue weighted by atomic mass is 10.1. The Labute approximate surface area is 199 Å². The molecule has 7 nitrogen and oxygen atoms in total. The molecule has 0 saturated heterocycles. The van der Waals surface area contributed by atoms with Gasteiger partial charge < -0.3 is 20.1 Å². The third-order valence-corrected chi connectivity index (χ3v) is 5.27. The minimum absolute atomic E-state index is 0.0180. The summed E-state index contributed by atoms with van der Waals surface area (Å²) in [6.07, 6.45) is 1.55. The highest BCUT2D eigenvalue weighted by molar-refractivity contribution is 9.10. The summed E-state index contributed by atoms with van der Waals surface area (Å²) in [7, 11) is 2.84. The van der Waals surface area contributed by atoms with Crippen LogP contribution in [0.15, 0.2) is 83.0 Å².